The van der Waals surface area contributed by atoms with Gasteiger partial charge in [-0.1, -0.05) is 30.3 Å². The molecule has 0 saturated heterocycles. The van der Waals surface area contributed by atoms with E-state index in [2.05, 4.69) is 4.98 Å². The normalized spacial score (nSPS) is 14.3. The minimum absolute atomic E-state index is 0.305. The summed E-state index contributed by atoms with van der Waals surface area (Å²) >= 11 is 0. The Hall–Kier alpha value is -4.92. The summed E-state index contributed by atoms with van der Waals surface area (Å²) in [4.78, 5) is 9.56. The number of para-hydroxylation sites is 1. The quantitative estimate of drug-likeness (QED) is 0.332. The van der Waals surface area contributed by atoms with Crippen molar-refractivity contribution in [3.63, 3.8) is 0 Å². The van der Waals surface area contributed by atoms with Gasteiger partial charge in [0.25, 0.3) is 0 Å². The molecule has 9 heteroatoms. The van der Waals surface area contributed by atoms with Crippen molar-refractivity contribution in [2.75, 3.05) is 7.11 Å². The van der Waals surface area contributed by atoms with Gasteiger partial charge in [0.2, 0.25) is 11.8 Å². The van der Waals surface area contributed by atoms with Crippen LogP contribution in [0.2, 0.25) is 0 Å². The van der Waals surface area contributed by atoms with Gasteiger partial charge in [-0.05, 0) is 48.9 Å². The molecule has 1 aliphatic rings. The molecular formula is C28H22N6O3. The second-order valence-corrected chi connectivity index (χ2v) is 8.89. The first kappa shape index (κ1) is 21.4. The van der Waals surface area contributed by atoms with E-state index < -0.39 is 0 Å². The molecule has 0 bridgehead atoms. The van der Waals surface area contributed by atoms with E-state index in [0.29, 0.717) is 29.7 Å². The number of benzene rings is 2. The summed E-state index contributed by atoms with van der Waals surface area (Å²) < 4.78 is 21.2. The van der Waals surface area contributed by atoms with Gasteiger partial charge in [0.15, 0.2) is 11.5 Å². The molecule has 1 aliphatic heterocycles. The summed E-state index contributed by atoms with van der Waals surface area (Å²) in [7, 11) is 1.66. The molecule has 0 radical (unpaired) electrons. The van der Waals surface area contributed by atoms with Crippen molar-refractivity contribution >= 4 is 5.65 Å². The van der Waals surface area contributed by atoms with E-state index in [9.17, 15) is 0 Å². The van der Waals surface area contributed by atoms with Crippen molar-refractivity contribution in [2.45, 2.75) is 19.3 Å². The number of nitrogens with zero attached hydrogens (tertiary/aromatic N) is 6. The van der Waals surface area contributed by atoms with Crippen LogP contribution >= 0.6 is 0 Å². The number of furan rings is 1. The zero-order valence-corrected chi connectivity index (χ0v) is 20.2. The molecule has 6 aromatic rings. The molecule has 4 aromatic heterocycles. The zero-order valence-electron chi connectivity index (χ0n) is 20.2. The van der Waals surface area contributed by atoms with Crippen LogP contribution in [0.4, 0.5) is 0 Å². The summed E-state index contributed by atoms with van der Waals surface area (Å²) in [6.45, 7) is 1.98. The first-order valence-corrected chi connectivity index (χ1v) is 11.9. The van der Waals surface area contributed by atoms with Gasteiger partial charge >= 0.3 is 0 Å². The van der Waals surface area contributed by atoms with Gasteiger partial charge < -0.3 is 13.9 Å². The summed E-state index contributed by atoms with van der Waals surface area (Å²) in [5, 5.41) is 9.54. The van der Waals surface area contributed by atoms with E-state index in [0.717, 1.165) is 39.6 Å². The Balaban J connectivity index is 1.38. The number of ether oxygens (including phenoxy) is 2. The number of rotatable bonds is 5. The van der Waals surface area contributed by atoms with Crippen LogP contribution in [0.25, 0.3) is 11.3 Å². The highest BCUT2D eigenvalue weighted by molar-refractivity contribution is 5.65. The molecule has 0 saturated carbocycles. The molecule has 7 rings (SSSR count). The van der Waals surface area contributed by atoms with Crippen LogP contribution in [0, 0.1) is 6.92 Å². The summed E-state index contributed by atoms with van der Waals surface area (Å²) in [5.41, 5.74) is 5.21. The number of hydrogen-bond acceptors (Lipinski definition) is 7. The fourth-order valence-electron chi connectivity index (χ4n) is 4.91. The standard InChI is InChI=1S/C28H22N6O3/c1-17-23-24(21-9-6-14-36-21)25-26-30-22(15-18-10-12-20(35-2)13-11-18)32-33(26)16-29-27(25)37-28(23)34(31-17)19-7-4-3-5-8-19/h3-14,16,24H,15H2,1-2H3. The average molecular weight is 491 g/mol. The molecule has 2 aromatic carbocycles. The van der Waals surface area contributed by atoms with Gasteiger partial charge in [-0.3, -0.25) is 0 Å². The lowest BCUT2D eigenvalue weighted by Gasteiger charge is -2.24. The van der Waals surface area contributed by atoms with Crippen LogP contribution in [0.1, 0.15) is 39.9 Å². The van der Waals surface area contributed by atoms with E-state index in [1.165, 1.54) is 0 Å². The highest BCUT2D eigenvalue weighted by Gasteiger charge is 2.39. The lowest BCUT2D eigenvalue weighted by atomic mass is 9.88. The zero-order chi connectivity index (χ0) is 24.9. The Morgan fingerprint density at radius 3 is 2.54 bits per heavy atom. The SMILES string of the molecule is COc1ccc(Cc2nc3c4c(ncn3n2)Oc2c(c(C)nn2-c2ccccc2)C4c2ccco2)cc1. The third-order valence-electron chi connectivity index (χ3n) is 6.61. The first-order valence-electron chi connectivity index (χ1n) is 11.9. The molecule has 37 heavy (non-hydrogen) atoms. The number of aromatic nitrogens is 6. The second-order valence-electron chi connectivity index (χ2n) is 8.89. The molecule has 1 atom stereocenters. The van der Waals surface area contributed by atoms with Gasteiger partial charge in [-0.25, -0.2) is 19.2 Å². The van der Waals surface area contributed by atoms with Crippen LogP contribution < -0.4 is 9.47 Å². The minimum Gasteiger partial charge on any atom is -0.497 e. The molecule has 182 valence electrons. The molecule has 0 spiro atoms. The topological polar surface area (TPSA) is 92.5 Å². The lowest BCUT2D eigenvalue weighted by Crippen LogP contribution is -2.15. The van der Waals surface area contributed by atoms with Crippen molar-refractivity contribution in [1.82, 2.24) is 29.4 Å². The molecule has 5 heterocycles. The molecule has 0 N–H and O–H groups in total. The van der Waals surface area contributed by atoms with Gasteiger partial charge in [0.05, 0.1) is 41.8 Å². The first-order chi connectivity index (χ1) is 18.2. The third-order valence-corrected chi connectivity index (χ3v) is 6.61. The number of methoxy groups -OCH3 is 1. The summed E-state index contributed by atoms with van der Waals surface area (Å²) in [6, 6.07) is 21.6. The molecule has 9 nitrogen and oxygen atoms in total. The maximum atomic E-state index is 6.43. The van der Waals surface area contributed by atoms with Gasteiger partial charge in [-0.2, -0.15) is 5.10 Å². The number of fused-ring (bicyclic) bond motifs is 4. The van der Waals surface area contributed by atoms with Crippen molar-refractivity contribution < 1.29 is 13.9 Å². The van der Waals surface area contributed by atoms with Crippen molar-refractivity contribution in [3.8, 4) is 23.2 Å². The monoisotopic (exact) mass is 490 g/mol. The van der Waals surface area contributed by atoms with Crippen molar-refractivity contribution in [1.29, 1.82) is 0 Å². The Labute approximate surface area is 211 Å². The Morgan fingerprint density at radius 2 is 1.78 bits per heavy atom. The summed E-state index contributed by atoms with van der Waals surface area (Å²) in [6.07, 6.45) is 3.88. The van der Waals surface area contributed by atoms with Gasteiger partial charge in [-0.15, -0.1) is 5.10 Å². The molecule has 0 amide bonds. The molecule has 1 unspecified atom stereocenters. The third kappa shape index (κ3) is 3.47. The van der Waals surface area contributed by atoms with E-state index in [4.69, 9.17) is 29.1 Å². The predicted molar refractivity (Wildman–Crippen MR) is 135 cm³/mol. The van der Waals surface area contributed by atoms with Gasteiger partial charge in [0, 0.05) is 6.42 Å². The molecule has 0 fully saturated rings. The Kier molecular flexibility index (Phi) is 4.81. The van der Waals surface area contributed by atoms with Crippen LogP contribution in [0.15, 0.2) is 83.7 Å². The smallest absolute Gasteiger partial charge is 0.230 e. The highest BCUT2D eigenvalue weighted by atomic mass is 16.5. The summed E-state index contributed by atoms with van der Waals surface area (Å²) in [5.74, 6) is 3.03. The number of aryl methyl sites for hydroxylation is 1. The maximum Gasteiger partial charge on any atom is 0.230 e. The van der Waals surface area contributed by atoms with Crippen molar-refractivity contribution in [2.24, 2.45) is 0 Å². The maximum absolute atomic E-state index is 6.43. The largest absolute Gasteiger partial charge is 0.497 e. The van der Waals surface area contributed by atoms with Crippen LogP contribution in [0.5, 0.6) is 17.5 Å². The Morgan fingerprint density at radius 1 is 0.946 bits per heavy atom. The van der Waals surface area contributed by atoms with Crippen LogP contribution in [-0.2, 0) is 6.42 Å². The molecular weight excluding hydrogens is 468 g/mol. The minimum atomic E-state index is -0.305. The van der Waals surface area contributed by atoms with Crippen LogP contribution in [-0.4, -0.2) is 36.5 Å². The van der Waals surface area contributed by atoms with Crippen molar-refractivity contribution in [3.05, 3.63) is 113 Å². The van der Waals surface area contributed by atoms with E-state index in [1.54, 1.807) is 24.2 Å². The Bertz CT molecular complexity index is 1720. The fraction of sp³-hybridized carbons (Fsp3) is 0.143. The van der Waals surface area contributed by atoms with E-state index in [1.807, 2.05) is 78.3 Å². The lowest BCUT2D eigenvalue weighted by molar-refractivity contribution is 0.392. The fourth-order valence-corrected chi connectivity index (χ4v) is 4.91. The van der Waals surface area contributed by atoms with E-state index in [-0.39, 0.29) is 5.92 Å². The molecule has 0 aliphatic carbocycles. The van der Waals surface area contributed by atoms with E-state index >= 15 is 0 Å². The average Bonchev–Trinajstić information content (AvgIpc) is 3.68. The number of hydrogen-bond donors (Lipinski definition) is 0. The van der Waals surface area contributed by atoms with Gasteiger partial charge in [0.1, 0.15) is 17.8 Å². The van der Waals surface area contributed by atoms with Crippen LogP contribution in [0.3, 0.4) is 0 Å². The second kappa shape index (κ2) is 8.34. The predicted octanol–water partition coefficient (Wildman–Crippen LogP) is 5.10. The highest BCUT2D eigenvalue weighted by Crippen LogP contribution is 2.49.